The van der Waals surface area contributed by atoms with Crippen LogP contribution in [0.5, 0.6) is 0 Å². The lowest BCUT2D eigenvalue weighted by Crippen LogP contribution is -2.40. The van der Waals surface area contributed by atoms with Crippen molar-refractivity contribution < 1.29 is 15.0 Å². The number of aliphatic hydroxyl groups is 2. The second-order valence-corrected chi connectivity index (χ2v) is 1.21. The summed E-state index contributed by atoms with van der Waals surface area (Å²) in [5.74, 6) is 3.79. The van der Waals surface area contributed by atoms with Gasteiger partial charge in [-0.2, -0.15) is 0 Å². The fourth-order valence-corrected chi connectivity index (χ4v) is 0.179. The number of nitrogens with one attached hydrogen (secondary N) is 1. The molecule has 1 atom stereocenters. The zero-order chi connectivity index (χ0) is 6.57. The van der Waals surface area contributed by atoms with E-state index in [9.17, 15) is 4.79 Å². The van der Waals surface area contributed by atoms with E-state index < -0.39 is 18.6 Å². The van der Waals surface area contributed by atoms with Crippen LogP contribution in [0.15, 0.2) is 0 Å². The van der Waals surface area contributed by atoms with Crippen molar-refractivity contribution in [3.05, 3.63) is 0 Å². The maximum absolute atomic E-state index is 10.1. The molecule has 48 valence electrons. The number of carbonyl (C=O) groups excluding carboxylic acids is 1. The lowest BCUT2D eigenvalue weighted by Gasteiger charge is -2.01. The van der Waals surface area contributed by atoms with E-state index >= 15 is 0 Å². The molecule has 0 heterocycles. The first kappa shape index (κ1) is 7.35. The van der Waals surface area contributed by atoms with Gasteiger partial charge in [0.05, 0.1) is 6.61 Å². The summed E-state index contributed by atoms with van der Waals surface area (Å²) < 4.78 is 0. The largest absolute Gasteiger partial charge is 0.393 e. The molecule has 0 aromatic carbocycles. The lowest BCUT2D eigenvalue weighted by molar-refractivity contribution is -0.131. The van der Waals surface area contributed by atoms with E-state index in [0.29, 0.717) is 0 Å². The van der Waals surface area contributed by atoms with Crippen molar-refractivity contribution in [2.45, 2.75) is 6.10 Å². The lowest BCUT2D eigenvalue weighted by atomic mass is 10.4. The summed E-state index contributed by atoms with van der Waals surface area (Å²) in [7, 11) is 0. The number of nitrogens with two attached hydrogens (primary N) is 1. The van der Waals surface area contributed by atoms with Gasteiger partial charge in [0, 0.05) is 0 Å². The number of amides is 1. The summed E-state index contributed by atoms with van der Waals surface area (Å²) >= 11 is 0. The molecule has 0 spiro atoms. The van der Waals surface area contributed by atoms with Crippen LogP contribution in [-0.2, 0) is 4.79 Å². The number of hydrazine groups is 1. The van der Waals surface area contributed by atoms with Crippen LogP contribution < -0.4 is 11.3 Å². The molecule has 0 rings (SSSR count). The topological polar surface area (TPSA) is 95.6 Å². The molecule has 5 nitrogen and oxygen atoms in total. The molecule has 0 aliphatic carbocycles. The van der Waals surface area contributed by atoms with Gasteiger partial charge >= 0.3 is 0 Å². The summed E-state index contributed by atoms with van der Waals surface area (Å²) in [6.07, 6.45) is -1.40. The number of hydrogen-bond acceptors (Lipinski definition) is 4. The Bertz CT molecular complexity index is 84.6. The Morgan fingerprint density at radius 1 is 1.88 bits per heavy atom. The van der Waals surface area contributed by atoms with Gasteiger partial charge in [-0.1, -0.05) is 0 Å². The molecule has 5 N–H and O–H groups in total. The second kappa shape index (κ2) is 3.36. The summed E-state index contributed by atoms with van der Waals surface area (Å²) in [4.78, 5) is 10.1. The summed E-state index contributed by atoms with van der Waals surface area (Å²) in [6.45, 7) is -0.608. The Balaban J connectivity index is 3.46. The van der Waals surface area contributed by atoms with Gasteiger partial charge in [0.15, 0.2) is 6.10 Å². The molecule has 0 aromatic heterocycles. The molecule has 1 amide bonds. The van der Waals surface area contributed by atoms with Crippen LogP contribution in [0.1, 0.15) is 0 Å². The summed E-state index contributed by atoms with van der Waals surface area (Å²) in [5.41, 5.74) is 1.67. The normalized spacial score (nSPS) is 12.9. The predicted molar refractivity (Wildman–Crippen MR) is 25.4 cm³/mol. The third kappa shape index (κ3) is 1.87. The molecule has 5 heteroatoms. The Hall–Kier alpha value is -0.650. The molecule has 0 aliphatic heterocycles. The van der Waals surface area contributed by atoms with E-state index in [1.807, 2.05) is 0 Å². The van der Waals surface area contributed by atoms with Crippen molar-refractivity contribution in [3.8, 4) is 0 Å². The van der Waals surface area contributed by atoms with Gasteiger partial charge in [0.25, 0.3) is 5.91 Å². The van der Waals surface area contributed by atoms with Crippen molar-refractivity contribution >= 4 is 5.91 Å². The molecule has 0 radical (unpaired) electrons. The Morgan fingerprint density at radius 2 is 2.38 bits per heavy atom. The van der Waals surface area contributed by atoms with Crippen molar-refractivity contribution in [1.82, 2.24) is 5.43 Å². The molecular weight excluding hydrogens is 112 g/mol. The first-order valence-electron chi connectivity index (χ1n) is 2.01. The first-order chi connectivity index (χ1) is 3.72. The fraction of sp³-hybridized carbons (Fsp3) is 0.667. The summed E-state index contributed by atoms with van der Waals surface area (Å²) in [5, 5.41) is 16.5. The van der Waals surface area contributed by atoms with E-state index in [4.69, 9.17) is 10.2 Å². The second-order valence-electron chi connectivity index (χ2n) is 1.21. The standard InChI is InChI=1S/C3H8N2O3/c4-5-3(8)2(7)1-6/h2,6-7H,1,4H2,(H,5,8)/t2-/m1/s1. The maximum atomic E-state index is 10.1. The molecule has 0 aliphatic rings. The molecule has 0 saturated carbocycles. The smallest absolute Gasteiger partial charge is 0.265 e. The average Bonchev–Trinajstić information content (AvgIpc) is 1.84. The van der Waals surface area contributed by atoms with Crippen LogP contribution >= 0.6 is 0 Å². The van der Waals surface area contributed by atoms with Crippen LogP contribution in [0.4, 0.5) is 0 Å². The Kier molecular flexibility index (Phi) is 3.09. The number of aliphatic hydroxyl groups excluding tert-OH is 2. The van der Waals surface area contributed by atoms with E-state index in [1.54, 1.807) is 5.43 Å². The van der Waals surface area contributed by atoms with Gasteiger partial charge in [-0.25, -0.2) is 5.84 Å². The molecular formula is C3H8N2O3. The molecule has 0 bridgehead atoms. The minimum atomic E-state index is -1.40. The van der Waals surface area contributed by atoms with Crippen LogP contribution in [0.2, 0.25) is 0 Å². The van der Waals surface area contributed by atoms with Gasteiger partial charge in [-0.3, -0.25) is 10.2 Å². The van der Waals surface area contributed by atoms with Crippen LogP contribution in [-0.4, -0.2) is 28.8 Å². The third-order valence-electron chi connectivity index (χ3n) is 0.618. The van der Waals surface area contributed by atoms with Gasteiger partial charge in [0.1, 0.15) is 0 Å². The zero-order valence-electron chi connectivity index (χ0n) is 4.16. The average molecular weight is 120 g/mol. The zero-order valence-corrected chi connectivity index (χ0v) is 4.16. The highest BCUT2D eigenvalue weighted by molar-refractivity contribution is 5.79. The van der Waals surface area contributed by atoms with Crippen molar-refractivity contribution in [2.24, 2.45) is 5.84 Å². The SMILES string of the molecule is NNC(=O)[C@H](O)CO. The molecule has 0 fully saturated rings. The Labute approximate surface area is 46.1 Å². The third-order valence-corrected chi connectivity index (χ3v) is 0.618. The van der Waals surface area contributed by atoms with E-state index in [2.05, 4.69) is 5.84 Å². The van der Waals surface area contributed by atoms with Gasteiger partial charge in [-0.05, 0) is 0 Å². The monoisotopic (exact) mass is 120 g/mol. The molecule has 0 aromatic rings. The van der Waals surface area contributed by atoms with Crippen molar-refractivity contribution in [3.63, 3.8) is 0 Å². The maximum Gasteiger partial charge on any atom is 0.265 e. The van der Waals surface area contributed by atoms with Crippen molar-refractivity contribution in [2.75, 3.05) is 6.61 Å². The van der Waals surface area contributed by atoms with Crippen LogP contribution in [0, 0.1) is 0 Å². The van der Waals surface area contributed by atoms with Crippen LogP contribution in [0.3, 0.4) is 0 Å². The Morgan fingerprint density at radius 3 is 2.50 bits per heavy atom. The summed E-state index contributed by atoms with van der Waals surface area (Å²) in [6, 6.07) is 0. The number of carbonyl (C=O) groups is 1. The van der Waals surface area contributed by atoms with E-state index in [1.165, 1.54) is 0 Å². The molecule has 0 saturated heterocycles. The quantitative estimate of drug-likeness (QED) is 0.181. The predicted octanol–water partition coefficient (Wildman–Crippen LogP) is -2.67. The molecule has 0 unspecified atom stereocenters. The minimum Gasteiger partial charge on any atom is -0.393 e. The highest BCUT2D eigenvalue weighted by Gasteiger charge is 2.09. The van der Waals surface area contributed by atoms with Crippen LogP contribution in [0.25, 0.3) is 0 Å². The highest BCUT2D eigenvalue weighted by Crippen LogP contribution is 1.75. The minimum absolute atomic E-state index is 0.608. The van der Waals surface area contributed by atoms with E-state index in [-0.39, 0.29) is 0 Å². The van der Waals surface area contributed by atoms with E-state index in [0.717, 1.165) is 0 Å². The number of hydrogen-bond donors (Lipinski definition) is 4. The molecule has 8 heavy (non-hydrogen) atoms. The van der Waals surface area contributed by atoms with Gasteiger partial charge < -0.3 is 10.2 Å². The van der Waals surface area contributed by atoms with Gasteiger partial charge in [-0.15, -0.1) is 0 Å². The number of rotatable bonds is 2. The van der Waals surface area contributed by atoms with Crippen molar-refractivity contribution in [1.29, 1.82) is 0 Å². The van der Waals surface area contributed by atoms with Gasteiger partial charge in [0.2, 0.25) is 0 Å². The highest BCUT2D eigenvalue weighted by atomic mass is 16.3. The fourth-order valence-electron chi connectivity index (χ4n) is 0.179. The first-order valence-corrected chi connectivity index (χ1v) is 2.01.